The molecule has 3 aromatic rings. The molecule has 1 heterocycles. The summed E-state index contributed by atoms with van der Waals surface area (Å²) >= 11 is 1.22. The van der Waals surface area contributed by atoms with E-state index in [9.17, 15) is 22.8 Å². The Morgan fingerprint density at radius 1 is 0.931 bits per heavy atom. The molecule has 150 valence electrons. The molecule has 1 aromatic heterocycles. The molecular formula is C20H15F3N2O3S. The van der Waals surface area contributed by atoms with Crippen LogP contribution in [0.2, 0.25) is 0 Å². The van der Waals surface area contributed by atoms with E-state index < -0.39 is 17.6 Å². The molecule has 0 aliphatic carbocycles. The lowest BCUT2D eigenvalue weighted by atomic mass is 10.2. The van der Waals surface area contributed by atoms with Crippen LogP contribution < -0.4 is 10.6 Å². The van der Waals surface area contributed by atoms with Gasteiger partial charge in [-0.3, -0.25) is 9.59 Å². The van der Waals surface area contributed by atoms with Gasteiger partial charge in [0, 0.05) is 16.3 Å². The number of rotatable bonds is 6. The second kappa shape index (κ2) is 8.87. The summed E-state index contributed by atoms with van der Waals surface area (Å²) in [6.07, 6.45) is -3.07. The third-order valence-corrected chi connectivity index (χ3v) is 4.71. The molecule has 0 unspecified atom stereocenters. The van der Waals surface area contributed by atoms with Gasteiger partial charge in [0.2, 0.25) is 5.91 Å². The molecule has 0 fully saturated rings. The van der Waals surface area contributed by atoms with E-state index in [1.54, 1.807) is 36.4 Å². The Kier molecular flexibility index (Phi) is 6.28. The molecule has 29 heavy (non-hydrogen) atoms. The largest absolute Gasteiger partial charge is 0.459 e. The molecule has 2 amide bonds. The zero-order chi connectivity index (χ0) is 20.9. The number of hydrogen-bond acceptors (Lipinski definition) is 4. The van der Waals surface area contributed by atoms with Crippen LogP contribution in [0.5, 0.6) is 0 Å². The zero-order valence-corrected chi connectivity index (χ0v) is 15.6. The molecular weight excluding hydrogens is 405 g/mol. The van der Waals surface area contributed by atoms with Crippen molar-refractivity contribution in [3.05, 3.63) is 78.3 Å². The van der Waals surface area contributed by atoms with Crippen LogP contribution in [0.25, 0.3) is 0 Å². The van der Waals surface area contributed by atoms with E-state index in [2.05, 4.69) is 10.6 Å². The predicted octanol–water partition coefficient (Wildman–Crippen LogP) is 5.28. The highest BCUT2D eigenvalue weighted by Crippen LogP contribution is 2.30. The Morgan fingerprint density at radius 3 is 2.34 bits per heavy atom. The summed E-state index contributed by atoms with van der Waals surface area (Å²) in [7, 11) is 0. The average Bonchev–Trinajstić information content (AvgIpc) is 3.22. The summed E-state index contributed by atoms with van der Waals surface area (Å²) in [5.41, 5.74) is -0.180. The van der Waals surface area contributed by atoms with Crippen molar-refractivity contribution in [2.75, 3.05) is 16.4 Å². The molecule has 3 rings (SSSR count). The van der Waals surface area contributed by atoms with Gasteiger partial charge in [0.1, 0.15) is 0 Å². The highest BCUT2D eigenvalue weighted by Gasteiger charge is 2.30. The van der Waals surface area contributed by atoms with Gasteiger partial charge < -0.3 is 15.1 Å². The van der Waals surface area contributed by atoms with E-state index >= 15 is 0 Å². The molecule has 0 aliphatic rings. The predicted molar refractivity (Wildman–Crippen MR) is 104 cm³/mol. The minimum Gasteiger partial charge on any atom is -0.459 e. The zero-order valence-electron chi connectivity index (χ0n) is 14.8. The number of halogens is 3. The van der Waals surface area contributed by atoms with Crippen LogP contribution >= 0.6 is 11.8 Å². The maximum atomic E-state index is 12.7. The maximum absolute atomic E-state index is 12.7. The van der Waals surface area contributed by atoms with Crippen molar-refractivity contribution in [3.8, 4) is 0 Å². The van der Waals surface area contributed by atoms with Crippen LogP contribution in [0, 0.1) is 0 Å². The number of alkyl halides is 3. The Hall–Kier alpha value is -3.20. The monoisotopic (exact) mass is 420 g/mol. The fourth-order valence-electron chi connectivity index (χ4n) is 2.35. The van der Waals surface area contributed by atoms with Gasteiger partial charge in [0.25, 0.3) is 5.91 Å². The van der Waals surface area contributed by atoms with Crippen LogP contribution in [-0.4, -0.2) is 17.6 Å². The lowest BCUT2D eigenvalue weighted by Crippen LogP contribution is -2.15. The van der Waals surface area contributed by atoms with Gasteiger partial charge in [-0.05, 0) is 54.6 Å². The fraction of sp³-hybridized carbons (Fsp3) is 0.100. The Bertz CT molecular complexity index is 987. The summed E-state index contributed by atoms with van der Waals surface area (Å²) in [5.74, 6) is -0.593. The maximum Gasteiger partial charge on any atom is 0.416 e. The minimum atomic E-state index is -4.47. The topological polar surface area (TPSA) is 71.3 Å². The SMILES string of the molecule is O=C(CSc1ccc(NC(=O)c2ccco2)cc1)Nc1cccc(C(F)(F)F)c1. The second-order valence-electron chi connectivity index (χ2n) is 5.87. The summed E-state index contributed by atoms with van der Waals surface area (Å²) < 4.78 is 43.2. The van der Waals surface area contributed by atoms with E-state index in [0.717, 1.165) is 17.0 Å². The molecule has 0 saturated heterocycles. The summed E-state index contributed by atoms with van der Waals surface area (Å²) in [6.45, 7) is 0. The molecule has 0 saturated carbocycles. The van der Waals surface area contributed by atoms with Crippen molar-refractivity contribution in [2.45, 2.75) is 11.1 Å². The molecule has 0 aliphatic heterocycles. The van der Waals surface area contributed by atoms with Gasteiger partial charge in [-0.2, -0.15) is 13.2 Å². The number of carbonyl (C=O) groups excluding carboxylic acids is 2. The van der Waals surface area contributed by atoms with Gasteiger partial charge in [-0.25, -0.2) is 0 Å². The molecule has 2 N–H and O–H groups in total. The minimum absolute atomic E-state index is 0.0222. The molecule has 0 bridgehead atoms. The number of amides is 2. The molecule has 0 spiro atoms. The van der Waals surface area contributed by atoms with Crippen molar-refractivity contribution in [2.24, 2.45) is 0 Å². The number of nitrogens with one attached hydrogen (secondary N) is 2. The average molecular weight is 420 g/mol. The van der Waals surface area contributed by atoms with E-state index in [1.165, 1.54) is 30.2 Å². The summed E-state index contributed by atoms with van der Waals surface area (Å²) in [5, 5.41) is 5.12. The number of furan rings is 1. The Morgan fingerprint density at radius 2 is 1.69 bits per heavy atom. The first-order valence-electron chi connectivity index (χ1n) is 8.36. The number of thioether (sulfide) groups is 1. The molecule has 0 radical (unpaired) electrons. The van der Waals surface area contributed by atoms with Crippen LogP contribution in [0.1, 0.15) is 16.1 Å². The first-order valence-corrected chi connectivity index (χ1v) is 9.35. The highest BCUT2D eigenvalue weighted by molar-refractivity contribution is 8.00. The second-order valence-corrected chi connectivity index (χ2v) is 6.92. The van der Waals surface area contributed by atoms with E-state index in [-0.39, 0.29) is 23.1 Å². The smallest absolute Gasteiger partial charge is 0.416 e. The van der Waals surface area contributed by atoms with Crippen LogP contribution in [0.4, 0.5) is 24.5 Å². The van der Waals surface area contributed by atoms with Crippen LogP contribution in [0.15, 0.2) is 76.2 Å². The van der Waals surface area contributed by atoms with Crippen molar-refractivity contribution in [1.82, 2.24) is 0 Å². The van der Waals surface area contributed by atoms with Gasteiger partial charge in [0.15, 0.2) is 5.76 Å². The highest BCUT2D eigenvalue weighted by atomic mass is 32.2. The number of hydrogen-bond donors (Lipinski definition) is 2. The Balaban J connectivity index is 1.51. The first-order chi connectivity index (χ1) is 13.8. The lowest BCUT2D eigenvalue weighted by Gasteiger charge is -2.10. The normalized spacial score (nSPS) is 11.1. The number of anilines is 2. The van der Waals surface area contributed by atoms with Gasteiger partial charge >= 0.3 is 6.18 Å². The summed E-state index contributed by atoms with van der Waals surface area (Å²) in [6, 6.07) is 14.4. The quantitative estimate of drug-likeness (QED) is 0.532. The van der Waals surface area contributed by atoms with Gasteiger partial charge in [0.05, 0.1) is 17.6 Å². The fourth-order valence-corrected chi connectivity index (χ4v) is 3.05. The van der Waals surface area contributed by atoms with Crippen molar-refractivity contribution < 1.29 is 27.2 Å². The standard InChI is InChI=1S/C20H15F3N2O3S/c21-20(22,23)13-3-1-4-15(11-13)24-18(26)12-29-16-8-6-14(7-9-16)25-19(27)17-5-2-10-28-17/h1-11H,12H2,(H,24,26)(H,25,27). The summed E-state index contributed by atoms with van der Waals surface area (Å²) in [4.78, 5) is 24.7. The molecule has 2 aromatic carbocycles. The lowest BCUT2D eigenvalue weighted by molar-refractivity contribution is -0.137. The third kappa shape index (κ3) is 5.89. The van der Waals surface area contributed by atoms with Crippen molar-refractivity contribution in [1.29, 1.82) is 0 Å². The van der Waals surface area contributed by atoms with E-state index in [0.29, 0.717) is 5.69 Å². The van der Waals surface area contributed by atoms with Gasteiger partial charge in [-0.1, -0.05) is 6.07 Å². The Labute approximate surface area is 168 Å². The molecule has 0 atom stereocenters. The van der Waals surface area contributed by atoms with Crippen LogP contribution in [-0.2, 0) is 11.0 Å². The van der Waals surface area contributed by atoms with Crippen LogP contribution in [0.3, 0.4) is 0 Å². The first kappa shape index (κ1) is 20.5. The number of benzene rings is 2. The molecule has 5 nitrogen and oxygen atoms in total. The van der Waals surface area contributed by atoms with E-state index in [4.69, 9.17) is 4.42 Å². The van der Waals surface area contributed by atoms with Crippen molar-refractivity contribution >= 4 is 35.0 Å². The number of carbonyl (C=O) groups is 2. The third-order valence-electron chi connectivity index (χ3n) is 3.70. The van der Waals surface area contributed by atoms with Gasteiger partial charge in [-0.15, -0.1) is 11.8 Å². The van der Waals surface area contributed by atoms with Crippen molar-refractivity contribution in [3.63, 3.8) is 0 Å². The van der Waals surface area contributed by atoms with E-state index in [1.807, 2.05) is 0 Å². The molecule has 9 heteroatoms.